The minimum Gasteiger partial charge on any atom is -0.444 e. The van der Waals surface area contributed by atoms with Crippen LogP contribution in [0.3, 0.4) is 0 Å². The highest BCUT2D eigenvalue weighted by Gasteiger charge is 2.15. The predicted octanol–water partition coefficient (Wildman–Crippen LogP) is 3.07. The van der Waals surface area contributed by atoms with Gasteiger partial charge in [-0.05, 0) is 26.8 Å². The SMILES string of the molecule is CC(C)(C)OC(=O)NCCn1ccc(-c2ccccc2)n1. The van der Waals surface area contributed by atoms with Crippen molar-refractivity contribution in [1.82, 2.24) is 15.1 Å². The highest BCUT2D eigenvalue weighted by molar-refractivity contribution is 5.67. The highest BCUT2D eigenvalue weighted by atomic mass is 16.6. The molecule has 0 saturated carbocycles. The first-order valence-corrected chi connectivity index (χ1v) is 7.00. The first-order valence-electron chi connectivity index (χ1n) is 7.00. The molecule has 0 aliphatic heterocycles. The minimum atomic E-state index is -0.476. The van der Waals surface area contributed by atoms with Crippen LogP contribution in [0, 0.1) is 0 Å². The smallest absolute Gasteiger partial charge is 0.407 e. The Labute approximate surface area is 124 Å². The molecule has 0 fully saturated rings. The van der Waals surface area contributed by atoms with Crippen molar-refractivity contribution in [3.05, 3.63) is 42.6 Å². The number of ether oxygens (including phenoxy) is 1. The monoisotopic (exact) mass is 287 g/mol. The van der Waals surface area contributed by atoms with E-state index in [9.17, 15) is 4.79 Å². The molecule has 1 N–H and O–H groups in total. The molecule has 5 nitrogen and oxygen atoms in total. The van der Waals surface area contributed by atoms with Crippen LogP contribution in [-0.2, 0) is 11.3 Å². The minimum absolute atomic E-state index is 0.405. The van der Waals surface area contributed by atoms with E-state index in [1.54, 1.807) is 4.68 Å². The van der Waals surface area contributed by atoms with E-state index in [0.717, 1.165) is 11.3 Å². The maximum absolute atomic E-state index is 11.5. The van der Waals surface area contributed by atoms with Crippen molar-refractivity contribution in [2.45, 2.75) is 32.9 Å². The molecule has 0 atom stereocenters. The van der Waals surface area contributed by atoms with Crippen molar-refractivity contribution in [2.24, 2.45) is 0 Å². The number of carbonyl (C=O) groups is 1. The zero-order valence-corrected chi connectivity index (χ0v) is 12.7. The van der Waals surface area contributed by atoms with Crippen LogP contribution in [0.4, 0.5) is 4.79 Å². The Morgan fingerprint density at radius 1 is 1.24 bits per heavy atom. The maximum Gasteiger partial charge on any atom is 0.407 e. The summed E-state index contributed by atoms with van der Waals surface area (Å²) in [6.45, 7) is 6.60. The molecule has 0 bridgehead atoms. The van der Waals surface area contributed by atoms with E-state index < -0.39 is 11.7 Å². The number of rotatable bonds is 4. The third-order valence-corrected chi connectivity index (χ3v) is 2.72. The summed E-state index contributed by atoms with van der Waals surface area (Å²) in [6.07, 6.45) is 1.50. The van der Waals surface area contributed by atoms with E-state index in [2.05, 4.69) is 10.4 Å². The third-order valence-electron chi connectivity index (χ3n) is 2.72. The Hall–Kier alpha value is -2.30. The van der Waals surface area contributed by atoms with Crippen molar-refractivity contribution in [2.75, 3.05) is 6.54 Å². The van der Waals surface area contributed by atoms with Crippen molar-refractivity contribution >= 4 is 6.09 Å². The number of alkyl carbamates (subject to hydrolysis) is 1. The van der Waals surface area contributed by atoms with Gasteiger partial charge in [-0.2, -0.15) is 5.10 Å². The van der Waals surface area contributed by atoms with Gasteiger partial charge in [-0.25, -0.2) is 4.79 Å². The van der Waals surface area contributed by atoms with Crippen molar-refractivity contribution in [1.29, 1.82) is 0 Å². The molecule has 5 heteroatoms. The topological polar surface area (TPSA) is 56.1 Å². The summed E-state index contributed by atoms with van der Waals surface area (Å²) in [5.41, 5.74) is 1.53. The largest absolute Gasteiger partial charge is 0.444 e. The number of nitrogens with zero attached hydrogens (tertiary/aromatic N) is 2. The van der Waals surface area contributed by atoms with E-state index >= 15 is 0 Å². The van der Waals surface area contributed by atoms with Crippen LogP contribution in [0.5, 0.6) is 0 Å². The molecule has 2 rings (SSSR count). The van der Waals surface area contributed by atoms with Gasteiger partial charge in [0.25, 0.3) is 0 Å². The summed E-state index contributed by atoms with van der Waals surface area (Å²) in [4.78, 5) is 11.5. The normalized spacial score (nSPS) is 11.2. The summed E-state index contributed by atoms with van der Waals surface area (Å²) in [5, 5.41) is 7.19. The van der Waals surface area contributed by atoms with E-state index in [1.165, 1.54) is 0 Å². The molecule has 0 radical (unpaired) electrons. The molecule has 1 heterocycles. The lowest BCUT2D eigenvalue weighted by molar-refractivity contribution is 0.0525. The highest BCUT2D eigenvalue weighted by Crippen LogP contribution is 2.15. The molecule has 1 aromatic carbocycles. The quantitative estimate of drug-likeness (QED) is 0.940. The molecule has 2 aromatic rings. The van der Waals surface area contributed by atoms with E-state index in [-0.39, 0.29) is 0 Å². The summed E-state index contributed by atoms with van der Waals surface area (Å²) in [5.74, 6) is 0. The van der Waals surface area contributed by atoms with E-state index in [1.807, 2.05) is 63.4 Å². The molecule has 112 valence electrons. The van der Waals surface area contributed by atoms with Gasteiger partial charge < -0.3 is 10.1 Å². The Morgan fingerprint density at radius 2 is 1.95 bits per heavy atom. The number of carbonyl (C=O) groups excluding carboxylic acids is 1. The standard InChI is InChI=1S/C16H21N3O2/c1-16(2,3)21-15(20)17-10-12-19-11-9-14(18-19)13-7-5-4-6-8-13/h4-9,11H,10,12H2,1-3H3,(H,17,20). The number of benzene rings is 1. The fourth-order valence-electron chi connectivity index (χ4n) is 1.84. The van der Waals surface area contributed by atoms with E-state index in [4.69, 9.17) is 4.74 Å². The van der Waals surface area contributed by atoms with Gasteiger partial charge in [0.05, 0.1) is 12.2 Å². The molecule has 0 aliphatic rings. The van der Waals surface area contributed by atoms with Gasteiger partial charge in [-0.3, -0.25) is 4.68 Å². The summed E-state index contributed by atoms with van der Waals surface area (Å²) < 4.78 is 6.98. The molecule has 0 saturated heterocycles. The molecule has 1 aromatic heterocycles. The number of nitrogens with one attached hydrogen (secondary N) is 1. The second-order valence-electron chi connectivity index (χ2n) is 5.76. The number of hydrogen-bond acceptors (Lipinski definition) is 3. The van der Waals surface area contributed by atoms with Gasteiger partial charge in [0.2, 0.25) is 0 Å². The van der Waals surface area contributed by atoms with Gasteiger partial charge in [-0.1, -0.05) is 30.3 Å². The summed E-state index contributed by atoms with van der Waals surface area (Å²) in [7, 11) is 0. The first-order chi connectivity index (χ1) is 9.94. The molecule has 1 amide bonds. The van der Waals surface area contributed by atoms with Crippen LogP contribution >= 0.6 is 0 Å². The summed E-state index contributed by atoms with van der Waals surface area (Å²) >= 11 is 0. The van der Waals surface area contributed by atoms with Gasteiger partial charge in [-0.15, -0.1) is 0 Å². The van der Waals surface area contributed by atoms with Gasteiger partial charge in [0.1, 0.15) is 5.60 Å². The number of amides is 1. The zero-order valence-electron chi connectivity index (χ0n) is 12.7. The zero-order chi connectivity index (χ0) is 15.3. The van der Waals surface area contributed by atoms with Crippen molar-refractivity contribution in [3.63, 3.8) is 0 Å². The lowest BCUT2D eigenvalue weighted by atomic mass is 10.2. The van der Waals surface area contributed by atoms with Crippen LogP contribution < -0.4 is 5.32 Å². The van der Waals surface area contributed by atoms with Gasteiger partial charge in [0, 0.05) is 18.3 Å². The summed E-state index contributed by atoms with van der Waals surface area (Å²) in [6, 6.07) is 11.9. The average molecular weight is 287 g/mol. The first kappa shape index (κ1) is 15.1. The molecule has 0 unspecified atom stereocenters. The molecule has 0 spiro atoms. The molecule has 21 heavy (non-hydrogen) atoms. The fraction of sp³-hybridized carbons (Fsp3) is 0.375. The second-order valence-corrected chi connectivity index (χ2v) is 5.76. The predicted molar refractivity (Wildman–Crippen MR) is 81.9 cm³/mol. The molecular weight excluding hydrogens is 266 g/mol. The van der Waals surface area contributed by atoms with Crippen LogP contribution in [0.25, 0.3) is 11.3 Å². The van der Waals surface area contributed by atoms with Crippen LogP contribution in [-0.4, -0.2) is 28.0 Å². The van der Waals surface area contributed by atoms with Gasteiger partial charge >= 0.3 is 6.09 Å². The fourth-order valence-corrected chi connectivity index (χ4v) is 1.84. The molecular formula is C16H21N3O2. The second kappa shape index (κ2) is 6.43. The van der Waals surface area contributed by atoms with Crippen molar-refractivity contribution < 1.29 is 9.53 Å². The van der Waals surface area contributed by atoms with Crippen LogP contribution in [0.15, 0.2) is 42.6 Å². The number of aromatic nitrogens is 2. The Kier molecular flexibility index (Phi) is 4.62. The average Bonchev–Trinajstić information content (AvgIpc) is 2.86. The Balaban J connectivity index is 1.83. The van der Waals surface area contributed by atoms with Gasteiger partial charge in [0.15, 0.2) is 0 Å². The molecule has 0 aliphatic carbocycles. The van der Waals surface area contributed by atoms with Crippen LogP contribution in [0.1, 0.15) is 20.8 Å². The Morgan fingerprint density at radius 3 is 2.62 bits per heavy atom. The lowest BCUT2D eigenvalue weighted by Crippen LogP contribution is -2.34. The lowest BCUT2D eigenvalue weighted by Gasteiger charge is -2.19. The number of hydrogen-bond donors (Lipinski definition) is 1. The van der Waals surface area contributed by atoms with Crippen LogP contribution in [0.2, 0.25) is 0 Å². The Bertz CT molecular complexity index is 585. The maximum atomic E-state index is 11.5. The van der Waals surface area contributed by atoms with E-state index in [0.29, 0.717) is 13.1 Å². The van der Waals surface area contributed by atoms with Crippen molar-refractivity contribution in [3.8, 4) is 11.3 Å². The third kappa shape index (κ3) is 4.95.